The van der Waals surface area contributed by atoms with Gasteiger partial charge >= 0.3 is 6.03 Å². The van der Waals surface area contributed by atoms with Crippen molar-refractivity contribution in [2.75, 3.05) is 19.6 Å². The van der Waals surface area contributed by atoms with Crippen LogP contribution in [0.1, 0.15) is 31.4 Å². The van der Waals surface area contributed by atoms with Crippen molar-refractivity contribution in [2.24, 2.45) is 11.8 Å². The van der Waals surface area contributed by atoms with E-state index in [2.05, 4.69) is 19.2 Å². The molecule has 2 aliphatic heterocycles. The number of urea groups is 1. The first kappa shape index (κ1) is 21.1. The van der Waals surface area contributed by atoms with Crippen LogP contribution in [0.25, 0.3) is 0 Å². The number of nitrogens with zero attached hydrogens (tertiary/aromatic N) is 2. The molecule has 162 valence electrons. The molecule has 2 saturated heterocycles. The number of amides is 4. The molecule has 0 aliphatic carbocycles. The predicted octanol–water partition coefficient (Wildman–Crippen LogP) is 3.18. The number of hydrogen-bond acceptors (Lipinski definition) is 3. The van der Waals surface area contributed by atoms with E-state index in [4.69, 9.17) is 0 Å². The molecule has 0 radical (unpaired) electrons. The molecule has 0 bridgehead atoms. The molecular weight excluding hydrogens is 390 g/mol. The first-order valence-corrected chi connectivity index (χ1v) is 10.9. The largest absolute Gasteiger partial charge is 0.341 e. The maximum atomic E-state index is 13.7. The number of carbonyl (C=O) groups is 3. The fourth-order valence-corrected chi connectivity index (χ4v) is 4.91. The van der Waals surface area contributed by atoms with Crippen LogP contribution >= 0.6 is 0 Å². The van der Waals surface area contributed by atoms with E-state index in [0.29, 0.717) is 36.9 Å². The summed E-state index contributed by atoms with van der Waals surface area (Å²) in [4.78, 5) is 42.5. The molecule has 0 spiro atoms. The number of rotatable bonds is 5. The van der Waals surface area contributed by atoms with Gasteiger partial charge in [0.05, 0.1) is 0 Å². The van der Waals surface area contributed by atoms with Crippen LogP contribution < -0.4 is 5.32 Å². The third kappa shape index (κ3) is 4.20. The third-order valence-electron chi connectivity index (χ3n) is 6.27. The first-order valence-electron chi connectivity index (χ1n) is 10.9. The van der Waals surface area contributed by atoms with E-state index in [1.807, 2.05) is 60.7 Å². The Morgan fingerprint density at radius 2 is 1.55 bits per heavy atom. The van der Waals surface area contributed by atoms with Gasteiger partial charge in [0.25, 0.3) is 5.91 Å². The Bertz CT molecular complexity index is 952. The maximum Gasteiger partial charge on any atom is 0.325 e. The molecule has 0 saturated carbocycles. The van der Waals surface area contributed by atoms with Crippen molar-refractivity contribution in [2.45, 2.75) is 32.2 Å². The van der Waals surface area contributed by atoms with Gasteiger partial charge < -0.3 is 10.2 Å². The van der Waals surface area contributed by atoms with E-state index in [1.54, 1.807) is 4.90 Å². The van der Waals surface area contributed by atoms with E-state index in [1.165, 1.54) is 0 Å². The molecule has 31 heavy (non-hydrogen) atoms. The normalized spacial score (nSPS) is 26.1. The zero-order valence-corrected chi connectivity index (χ0v) is 18.1. The Balaban J connectivity index is 1.61. The standard InChI is InChI=1S/C25H29N3O3/c1-18-13-19(2)16-27(15-18)22(29)17-28-23(30)25(26-24(28)31,21-11-7-4-8-12-21)14-20-9-5-3-6-10-20/h3-12,18-19H,13-17H2,1-2H3,(H,26,31)/t18-,19-,25-/m1/s1. The van der Waals surface area contributed by atoms with Gasteiger partial charge in [0, 0.05) is 19.5 Å². The van der Waals surface area contributed by atoms with E-state index in [9.17, 15) is 14.4 Å². The van der Waals surface area contributed by atoms with Gasteiger partial charge in [-0.1, -0.05) is 74.5 Å². The van der Waals surface area contributed by atoms with Crippen LogP contribution in [0.4, 0.5) is 4.79 Å². The summed E-state index contributed by atoms with van der Waals surface area (Å²) >= 11 is 0. The Kier molecular flexibility index (Phi) is 5.81. The van der Waals surface area contributed by atoms with Gasteiger partial charge in [0.2, 0.25) is 5.91 Å². The molecule has 6 heteroatoms. The molecule has 2 aromatic rings. The van der Waals surface area contributed by atoms with Gasteiger partial charge in [0.1, 0.15) is 6.54 Å². The van der Waals surface area contributed by atoms with Crippen molar-refractivity contribution >= 4 is 17.8 Å². The molecule has 0 aromatic heterocycles. The highest BCUT2D eigenvalue weighted by Crippen LogP contribution is 2.33. The smallest absolute Gasteiger partial charge is 0.325 e. The Hall–Kier alpha value is -3.15. The van der Waals surface area contributed by atoms with E-state index < -0.39 is 11.6 Å². The first-order chi connectivity index (χ1) is 14.9. The highest BCUT2D eigenvalue weighted by molar-refractivity contribution is 6.09. The quantitative estimate of drug-likeness (QED) is 0.757. The molecule has 2 aromatic carbocycles. The molecule has 2 fully saturated rings. The Morgan fingerprint density at radius 1 is 0.968 bits per heavy atom. The highest BCUT2D eigenvalue weighted by atomic mass is 16.2. The number of nitrogens with one attached hydrogen (secondary N) is 1. The number of imide groups is 1. The number of piperidine rings is 1. The average molecular weight is 420 g/mol. The van der Waals surface area contributed by atoms with E-state index in [-0.39, 0.29) is 18.4 Å². The summed E-state index contributed by atoms with van der Waals surface area (Å²) in [6, 6.07) is 18.4. The molecule has 3 atom stereocenters. The fraction of sp³-hybridized carbons (Fsp3) is 0.400. The second-order valence-electron chi connectivity index (χ2n) is 9.00. The van der Waals surface area contributed by atoms with Crippen molar-refractivity contribution in [3.63, 3.8) is 0 Å². The molecule has 4 rings (SSSR count). The molecule has 6 nitrogen and oxygen atoms in total. The lowest BCUT2D eigenvalue weighted by Crippen LogP contribution is -2.49. The molecule has 1 N–H and O–H groups in total. The summed E-state index contributed by atoms with van der Waals surface area (Å²) in [7, 11) is 0. The van der Waals surface area contributed by atoms with Gasteiger partial charge in [-0.3, -0.25) is 14.5 Å². The van der Waals surface area contributed by atoms with Crippen molar-refractivity contribution in [1.29, 1.82) is 0 Å². The summed E-state index contributed by atoms with van der Waals surface area (Å²) in [5, 5.41) is 2.92. The van der Waals surface area contributed by atoms with Crippen molar-refractivity contribution in [3.05, 3.63) is 71.8 Å². The van der Waals surface area contributed by atoms with Crippen molar-refractivity contribution in [1.82, 2.24) is 15.1 Å². The minimum absolute atomic E-state index is 0.175. The SMILES string of the molecule is C[C@@H]1C[C@@H](C)CN(C(=O)CN2C(=O)N[C@](Cc3ccccc3)(c3ccccc3)C2=O)C1. The summed E-state index contributed by atoms with van der Waals surface area (Å²) in [6.07, 6.45) is 1.41. The van der Waals surface area contributed by atoms with Gasteiger partial charge in [-0.05, 0) is 29.4 Å². The number of likely N-dealkylation sites (tertiary alicyclic amines) is 1. The lowest BCUT2D eigenvalue weighted by Gasteiger charge is -2.35. The molecule has 0 unspecified atom stereocenters. The zero-order valence-electron chi connectivity index (χ0n) is 18.1. The summed E-state index contributed by atoms with van der Waals surface area (Å²) in [5.41, 5.74) is 0.432. The number of benzene rings is 2. The van der Waals surface area contributed by atoms with E-state index in [0.717, 1.165) is 16.9 Å². The second kappa shape index (κ2) is 8.53. The lowest BCUT2D eigenvalue weighted by atomic mass is 9.83. The predicted molar refractivity (Wildman–Crippen MR) is 118 cm³/mol. The zero-order chi connectivity index (χ0) is 22.0. The van der Waals surface area contributed by atoms with Gasteiger partial charge in [-0.15, -0.1) is 0 Å². The minimum atomic E-state index is -1.22. The summed E-state index contributed by atoms with van der Waals surface area (Å²) in [6.45, 7) is 5.36. The van der Waals surface area contributed by atoms with Crippen LogP contribution in [-0.2, 0) is 21.5 Å². The third-order valence-corrected chi connectivity index (χ3v) is 6.27. The van der Waals surface area contributed by atoms with Crippen molar-refractivity contribution in [3.8, 4) is 0 Å². The Morgan fingerprint density at radius 3 is 2.16 bits per heavy atom. The molecular formula is C25H29N3O3. The van der Waals surface area contributed by atoms with Crippen molar-refractivity contribution < 1.29 is 14.4 Å². The fourth-order valence-electron chi connectivity index (χ4n) is 4.91. The minimum Gasteiger partial charge on any atom is -0.341 e. The van der Waals surface area contributed by atoms with Crippen LogP contribution in [0.15, 0.2) is 60.7 Å². The Labute approximate surface area is 183 Å². The van der Waals surface area contributed by atoms with Crippen LogP contribution in [-0.4, -0.2) is 47.3 Å². The highest BCUT2D eigenvalue weighted by Gasteiger charge is 2.53. The topological polar surface area (TPSA) is 69.7 Å². The van der Waals surface area contributed by atoms with Crippen LogP contribution in [0, 0.1) is 11.8 Å². The summed E-state index contributed by atoms with van der Waals surface area (Å²) < 4.78 is 0. The monoisotopic (exact) mass is 419 g/mol. The summed E-state index contributed by atoms with van der Waals surface area (Å²) in [5.74, 6) is 0.277. The number of carbonyl (C=O) groups excluding carboxylic acids is 3. The second-order valence-corrected chi connectivity index (χ2v) is 9.00. The van der Waals surface area contributed by atoms with Gasteiger partial charge in [-0.25, -0.2) is 4.79 Å². The van der Waals surface area contributed by atoms with Crippen LogP contribution in [0.3, 0.4) is 0 Å². The number of hydrogen-bond donors (Lipinski definition) is 1. The molecule has 2 heterocycles. The van der Waals surface area contributed by atoms with Gasteiger partial charge in [0.15, 0.2) is 5.54 Å². The maximum absolute atomic E-state index is 13.7. The molecule has 4 amide bonds. The van der Waals surface area contributed by atoms with Gasteiger partial charge in [-0.2, -0.15) is 0 Å². The molecule has 2 aliphatic rings. The van der Waals surface area contributed by atoms with Crippen LogP contribution in [0.2, 0.25) is 0 Å². The van der Waals surface area contributed by atoms with Crippen LogP contribution in [0.5, 0.6) is 0 Å². The van der Waals surface area contributed by atoms with E-state index >= 15 is 0 Å². The lowest BCUT2D eigenvalue weighted by molar-refractivity contribution is -0.140. The average Bonchev–Trinajstić information content (AvgIpc) is 2.99.